The summed E-state index contributed by atoms with van der Waals surface area (Å²) >= 11 is 0. The van der Waals surface area contributed by atoms with E-state index < -0.39 is 0 Å². The molecule has 0 rings (SSSR count). The molecule has 0 fully saturated rings. The molecule has 0 amide bonds. The van der Waals surface area contributed by atoms with Gasteiger partial charge >= 0.3 is 48.9 Å². The van der Waals surface area contributed by atoms with Crippen molar-refractivity contribution in [1.29, 1.82) is 0 Å². The molecule has 1 radical (unpaired) electrons. The first-order valence-electron chi connectivity index (χ1n) is 0. The fraction of sp³-hybridized carbons (Fsp3) is 0. The van der Waals surface area contributed by atoms with Crippen LogP contribution in [0.2, 0.25) is 0 Å². The normalized spacial score (nSPS) is 0. The average molecular weight is 408 g/mol. The van der Waals surface area contributed by atoms with Crippen LogP contribution in [-0.2, 0) is 39.6 Å². The molecular formula is H5BaPVW. The summed E-state index contributed by atoms with van der Waals surface area (Å²) in [5.41, 5.74) is 0. The maximum atomic E-state index is 0. The molecule has 0 saturated carbocycles. The fourth-order valence-corrected chi connectivity index (χ4v) is 0. The second-order valence-electron chi connectivity index (χ2n) is 0. The van der Waals surface area contributed by atoms with Crippen LogP contribution in [0, 0.1) is 0 Å². The minimum atomic E-state index is 0. The summed E-state index contributed by atoms with van der Waals surface area (Å²) in [4.78, 5) is 0. The smallest absolute Gasteiger partial charge is 0 e. The largest absolute Gasteiger partial charge is 0 e. The zero-order valence-corrected chi connectivity index (χ0v) is 7.31. The van der Waals surface area contributed by atoms with Gasteiger partial charge in [-0.05, 0) is 0 Å². The van der Waals surface area contributed by atoms with Crippen LogP contribution in [0.1, 0.15) is 0 Å². The Labute approximate surface area is 96.1 Å². The predicted octanol–water partition coefficient (Wildman–Crippen LogP) is -0.863. The Morgan fingerprint density at radius 3 is 1.00 bits per heavy atom. The molecule has 0 nitrogen and oxygen atoms in total. The van der Waals surface area contributed by atoms with E-state index in [0.717, 1.165) is 0 Å². The molecule has 0 saturated heterocycles. The van der Waals surface area contributed by atoms with E-state index in [0.29, 0.717) is 0 Å². The van der Waals surface area contributed by atoms with Crippen molar-refractivity contribution in [1.82, 2.24) is 0 Å². The molecule has 0 spiro atoms. The van der Waals surface area contributed by atoms with E-state index >= 15 is 0 Å². The summed E-state index contributed by atoms with van der Waals surface area (Å²) in [5, 5.41) is 0. The molecule has 0 aliphatic rings. The Morgan fingerprint density at radius 1 is 1.00 bits per heavy atom. The zero-order chi connectivity index (χ0) is 0. The third kappa shape index (κ3) is 8.99. The van der Waals surface area contributed by atoms with E-state index in [1.807, 2.05) is 0 Å². The molecule has 0 aromatic carbocycles. The van der Waals surface area contributed by atoms with E-state index in [9.17, 15) is 0 Å². The molecule has 0 aromatic heterocycles. The molecule has 0 aromatic rings. The third-order valence-corrected chi connectivity index (χ3v) is 0. The van der Waals surface area contributed by atoms with Crippen molar-refractivity contribution in [3.8, 4) is 0 Å². The Hall–Kier alpha value is 3.27. The second kappa shape index (κ2) is 16.3. The standard InChI is InChI=1S/Ba.H3P.V.W.2H/h;1H3;;;;. The van der Waals surface area contributed by atoms with Gasteiger partial charge in [0, 0.05) is 39.6 Å². The van der Waals surface area contributed by atoms with Gasteiger partial charge in [-0.3, -0.25) is 0 Å². The first-order valence-corrected chi connectivity index (χ1v) is 0. The van der Waals surface area contributed by atoms with Crippen molar-refractivity contribution in [3.05, 3.63) is 0 Å². The molecule has 0 N–H and O–H groups in total. The molecular weight excluding hydrogens is 403 g/mol. The molecule has 23 valence electrons. The second-order valence-corrected chi connectivity index (χ2v) is 0. The van der Waals surface area contributed by atoms with Gasteiger partial charge in [0.1, 0.15) is 0 Å². The molecule has 1 unspecified atom stereocenters. The van der Waals surface area contributed by atoms with E-state index in [2.05, 4.69) is 0 Å². The van der Waals surface area contributed by atoms with Crippen LogP contribution in [-0.4, -0.2) is 48.9 Å². The van der Waals surface area contributed by atoms with Crippen LogP contribution in [0.4, 0.5) is 0 Å². The Bertz CT molecular complexity index is 8.00. The molecule has 4 heteroatoms. The molecule has 0 bridgehead atoms. The van der Waals surface area contributed by atoms with Gasteiger partial charge in [0.2, 0.25) is 0 Å². The van der Waals surface area contributed by atoms with Gasteiger partial charge in [-0.2, -0.15) is 9.90 Å². The SMILES string of the molecule is P.[BaH2].[V].[W]. The molecule has 1 atom stereocenters. The first-order chi connectivity index (χ1) is 0. The number of rotatable bonds is 0. The van der Waals surface area contributed by atoms with Crippen LogP contribution in [0.15, 0.2) is 0 Å². The van der Waals surface area contributed by atoms with Gasteiger partial charge in [0.25, 0.3) is 0 Å². The molecule has 4 heavy (non-hydrogen) atoms. The molecule has 0 aliphatic heterocycles. The Morgan fingerprint density at radius 2 is 1.00 bits per heavy atom. The van der Waals surface area contributed by atoms with Crippen molar-refractivity contribution in [2.75, 3.05) is 0 Å². The van der Waals surface area contributed by atoms with E-state index in [4.69, 9.17) is 0 Å². The van der Waals surface area contributed by atoms with Crippen molar-refractivity contribution >= 4 is 58.8 Å². The van der Waals surface area contributed by atoms with Crippen LogP contribution >= 0.6 is 9.90 Å². The molecule has 0 heterocycles. The Balaban J connectivity index is 0. The summed E-state index contributed by atoms with van der Waals surface area (Å²) in [7, 11) is 0. The monoisotopic (exact) mass is 409 g/mol. The average Bonchev–Trinajstić information content (AvgIpc) is 0. The fourth-order valence-electron chi connectivity index (χ4n) is 0. The van der Waals surface area contributed by atoms with Crippen molar-refractivity contribution in [2.45, 2.75) is 0 Å². The van der Waals surface area contributed by atoms with Gasteiger partial charge < -0.3 is 0 Å². The minimum absolute atomic E-state index is 0. The van der Waals surface area contributed by atoms with Gasteiger partial charge in [-0.15, -0.1) is 0 Å². The van der Waals surface area contributed by atoms with E-state index in [1.165, 1.54) is 0 Å². The Kier molecular flexibility index (Phi) is 109. The van der Waals surface area contributed by atoms with Gasteiger partial charge in [0.15, 0.2) is 0 Å². The van der Waals surface area contributed by atoms with Crippen molar-refractivity contribution < 1.29 is 39.6 Å². The van der Waals surface area contributed by atoms with Crippen LogP contribution < -0.4 is 0 Å². The maximum absolute atomic E-state index is 0. The van der Waals surface area contributed by atoms with E-state index in [1.54, 1.807) is 0 Å². The summed E-state index contributed by atoms with van der Waals surface area (Å²) in [6, 6.07) is 0. The number of hydrogen-bond donors (Lipinski definition) is 0. The van der Waals surface area contributed by atoms with Crippen LogP contribution in [0.25, 0.3) is 0 Å². The van der Waals surface area contributed by atoms with Crippen molar-refractivity contribution in [2.24, 2.45) is 0 Å². The molecule has 0 aliphatic carbocycles. The first kappa shape index (κ1) is 26.7. The summed E-state index contributed by atoms with van der Waals surface area (Å²) < 4.78 is 0. The zero-order valence-electron chi connectivity index (χ0n) is 1.56. The summed E-state index contributed by atoms with van der Waals surface area (Å²) in [6.07, 6.45) is 0. The van der Waals surface area contributed by atoms with Crippen LogP contribution in [0.5, 0.6) is 0 Å². The van der Waals surface area contributed by atoms with Crippen LogP contribution in [0.3, 0.4) is 0 Å². The topological polar surface area (TPSA) is 0 Å². The quantitative estimate of drug-likeness (QED) is 0.362. The third-order valence-electron chi connectivity index (χ3n) is 0. The maximum Gasteiger partial charge on any atom is 0 e. The summed E-state index contributed by atoms with van der Waals surface area (Å²) in [6.45, 7) is 0. The van der Waals surface area contributed by atoms with Crippen molar-refractivity contribution in [3.63, 3.8) is 0 Å². The number of hydrogen-bond acceptors (Lipinski definition) is 0. The van der Waals surface area contributed by atoms with Gasteiger partial charge in [-0.1, -0.05) is 0 Å². The van der Waals surface area contributed by atoms with Gasteiger partial charge in [0.05, 0.1) is 0 Å². The summed E-state index contributed by atoms with van der Waals surface area (Å²) in [5.74, 6) is 0. The predicted molar refractivity (Wildman–Crippen MR) is 19.6 cm³/mol. The minimum Gasteiger partial charge on any atom is 0 e. The van der Waals surface area contributed by atoms with Gasteiger partial charge in [-0.25, -0.2) is 0 Å². The van der Waals surface area contributed by atoms with E-state index in [-0.39, 0.29) is 98.4 Å².